The molecule has 0 radical (unpaired) electrons. The lowest BCUT2D eigenvalue weighted by Gasteiger charge is -1.98. The lowest BCUT2D eigenvalue weighted by atomic mass is 10.2. The molecule has 0 saturated carbocycles. The molecule has 0 spiro atoms. The van der Waals surface area contributed by atoms with Gasteiger partial charge in [0.2, 0.25) is 0 Å². The van der Waals surface area contributed by atoms with Gasteiger partial charge < -0.3 is 5.32 Å². The Morgan fingerprint density at radius 3 is 2.18 bits per heavy atom. The molecule has 1 aromatic carbocycles. The van der Waals surface area contributed by atoms with Crippen LogP contribution in [0, 0.1) is 6.92 Å². The van der Waals surface area contributed by atoms with Gasteiger partial charge in [-0.1, -0.05) is 26.0 Å². The van der Waals surface area contributed by atoms with E-state index in [4.69, 9.17) is 0 Å². The quantitative estimate of drug-likeness (QED) is 0.650. The van der Waals surface area contributed by atoms with Gasteiger partial charge in [-0.25, -0.2) is 0 Å². The number of rotatable bonds is 1. The second-order valence-electron chi connectivity index (χ2n) is 2.12. The van der Waals surface area contributed by atoms with E-state index in [1.807, 2.05) is 33.0 Å². The molecule has 11 heavy (non-hydrogen) atoms. The molecule has 0 fully saturated rings. The lowest BCUT2D eigenvalue weighted by molar-refractivity contribution is 1.43. The van der Waals surface area contributed by atoms with E-state index in [-0.39, 0.29) is 0 Å². The average molecular weight is 151 g/mol. The van der Waals surface area contributed by atoms with Gasteiger partial charge in [-0.2, -0.15) is 0 Å². The summed E-state index contributed by atoms with van der Waals surface area (Å²) in [5.41, 5.74) is 2.47. The predicted octanol–water partition coefficient (Wildman–Crippen LogP) is 3.06. The molecular formula is C10H17N. The van der Waals surface area contributed by atoms with Crippen LogP contribution in [0.5, 0.6) is 0 Å². The van der Waals surface area contributed by atoms with Gasteiger partial charge in [0.05, 0.1) is 0 Å². The summed E-state index contributed by atoms with van der Waals surface area (Å²) in [4.78, 5) is 0. The number of hydrogen-bond acceptors (Lipinski definition) is 1. The monoisotopic (exact) mass is 151 g/mol. The molecule has 1 heteroatoms. The fraction of sp³-hybridized carbons (Fsp3) is 0.400. The van der Waals surface area contributed by atoms with Crippen LogP contribution in [-0.4, -0.2) is 7.05 Å². The van der Waals surface area contributed by atoms with Crippen LogP contribution in [0.25, 0.3) is 0 Å². The maximum Gasteiger partial charge on any atom is 0.0340 e. The van der Waals surface area contributed by atoms with Crippen LogP contribution in [0.3, 0.4) is 0 Å². The molecule has 0 bridgehead atoms. The zero-order valence-corrected chi connectivity index (χ0v) is 7.81. The second kappa shape index (κ2) is 5.78. The molecule has 1 N–H and O–H groups in total. The normalized spacial score (nSPS) is 8.00. The van der Waals surface area contributed by atoms with Crippen LogP contribution in [0.2, 0.25) is 0 Å². The summed E-state index contributed by atoms with van der Waals surface area (Å²) in [7, 11) is 1.93. The highest BCUT2D eigenvalue weighted by Crippen LogP contribution is 2.07. The van der Waals surface area contributed by atoms with Crippen molar-refractivity contribution < 1.29 is 0 Å². The van der Waals surface area contributed by atoms with Crippen molar-refractivity contribution in [1.29, 1.82) is 0 Å². The topological polar surface area (TPSA) is 12.0 Å². The smallest absolute Gasteiger partial charge is 0.0340 e. The van der Waals surface area contributed by atoms with Gasteiger partial charge in [-0.3, -0.25) is 0 Å². The van der Waals surface area contributed by atoms with Gasteiger partial charge in [-0.05, 0) is 24.6 Å². The third-order valence-corrected chi connectivity index (χ3v) is 1.31. The average Bonchev–Trinajstić information content (AvgIpc) is 2.08. The lowest BCUT2D eigenvalue weighted by Crippen LogP contribution is -1.86. The van der Waals surface area contributed by atoms with Crippen LogP contribution in [0.1, 0.15) is 19.4 Å². The van der Waals surface area contributed by atoms with Crippen molar-refractivity contribution >= 4 is 5.69 Å². The van der Waals surface area contributed by atoms with Gasteiger partial charge in [0.25, 0.3) is 0 Å². The van der Waals surface area contributed by atoms with E-state index in [0.717, 1.165) is 0 Å². The Morgan fingerprint density at radius 1 is 1.18 bits per heavy atom. The molecule has 0 aliphatic carbocycles. The van der Waals surface area contributed by atoms with Crippen molar-refractivity contribution in [2.45, 2.75) is 20.8 Å². The van der Waals surface area contributed by atoms with Crippen molar-refractivity contribution in [2.75, 3.05) is 12.4 Å². The third kappa shape index (κ3) is 3.66. The first-order valence-electron chi connectivity index (χ1n) is 4.07. The fourth-order valence-corrected chi connectivity index (χ4v) is 0.801. The van der Waals surface area contributed by atoms with Crippen LogP contribution in [0.15, 0.2) is 24.3 Å². The van der Waals surface area contributed by atoms with Crippen molar-refractivity contribution in [3.63, 3.8) is 0 Å². The van der Waals surface area contributed by atoms with E-state index in [9.17, 15) is 0 Å². The molecule has 0 amide bonds. The first-order chi connectivity index (χ1) is 5.33. The standard InChI is InChI=1S/C8H11N.C2H6/c1-7-4-3-5-8(6-7)9-2;1-2/h3-6,9H,1-2H3;1-2H3. The van der Waals surface area contributed by atoms with Crippen molar-refractivity contribution in [3.8, 4) is 0 Å². The molecule has 0 aromatic heterocycles. The molecule has 0 saturated heterocycles. The Balaban J connectivity index is 0.000000461. The Kier molecular flexibility index (Phi) is 5.26. The Bertz CT molecular complexity index is 194. The minimum absolute atomic E-state index is 1.18. The summed E-state index contributed by atoms with van der Waals surface area (Å²) in [5.74, 6) is 0. The van der Waals surface area contributed by atoms with Crippen LogP contribution in [-0.2, 0) is 0 Å². The predicted molar refractivity (Wildman–Crippen MR) is 52.1 cm³/mol. The molecule has 0 unspecified atom stereocenters. The first-order valence-corrected chi connectivity index (χ1v) is 4.07. The van der Waals surface area contributed by atoms with Gasteiger partial charge >= 0.3 is 0 Å². The molecule has 1 aromatic rings. The Labute approximate surface area is 69.4 Å². The molecule has 0 aliphatic rings. The highest BCUT2D eigenvalue weighted by atomic mass is 14.8. The molecule has 0 aliphatic heterocycles. The maximum absolute atomic E-state index is 3.07. The summed E-state index contributed by atoms with van der Waals surface area (Å²) < 4.78 is 0. The van der Waals surface area contributed by atoms with Crippen LogP contribution in [0.4, 0.5) is 5.69 Å². The molecule has 62 valence electrons. The zero-order valence-electron chi connectivity index (χ0n) is 7.81. The number of nitrogens with one attached hydrogen (secondary N) is 1. The SMILES string of the molecule is CC.CNc1cccc(C)c1. The van der Waals surface area contributed by atoms with E-state index in [1.165, 1.54) is 11.3 Å². The van der Waals surface area contributed by atoms with Crippen molar-refractivity contribution in [1.82, 2.24) is 0 Å². The molecule has 0 atom stereocenters. The third-order valence-electron chi connectivity index (χ3n) is 1.31. The number of benzene rings is 1. The Hall–Kier alpha value is -0.980. The highest BCUT2D eigenvalue weighted by molar-refractivity contribution is 5.44. The molecule has 1 rings (SSSR count). The van der Waals surface area contributed by atoms with E-state index in [2.05, 4.69) is 24.4 Å². The fourth-order valence-electron chi connectivity index (χ4n) is 0.801. The van der Waals surface area contributed by atoms with Gasteiger partial charge in [-0.15, -0.1) is 0 Å². The highest BCUT2D eigenvalue weighted by Gasteiger charge is 1.84. The maximum atomic E-state index is 3.07. The zero-order chi connectivity index (χ0) is 8.69. The summed E-state index contributed by atoms with van der Waals surface area (Å²) >= 11 is 0. The minimum Gasteiger partial charge on any atom is -0.388 e. The van der Waals surface area contributed by atoms with Gasteiger partial charge in [0, 0.05) is 12.7 Å². The molecule has 1 nitrogen and oxygen atoms in total. The van der Waals surface area contributed by atoms with Crippen LogP contribution >= 0.6 is 0 Å². The van der Waals surface area contributed by atoms with E-state index in [1.54, 1.807) is 0 Å². The van der Waals surface area contributed by atoms with Gasteiger partial charge in [0.1, 0.15) is 0 Å². The van der Waals surface area contributed by atoms with E-state index in [0.29, 0.717) is 0 Å². The van der Waals surface area contributed by atoms with Crippen LogP contribution < -0.4 is 5.32 Å². The van der Waals surface area contributed by atoms with Crippen molar-refractivity contribution in [3.05, 3.63) is 29.8 Å². The molecular weight excluding hydrogens is 134 g/mol. The minimum atomic E-state index is 1.18. The first kappa shape index (κ1) is 10.0. The molecule has 0 heterocycles. The second-order valence-corrected chi connectivity index (χ2v) is 2.12. The summed E-state index contributed by atoms with van der Waals surface area (Å²) in [5, 5.41) is 3.07. The summed E-state index contributed by atoms with van der Waals surface area (Å²) in [6, 6.07) is 8.29. The largest absolute Gasteiger partial charge is 0.388 e. The Morgan fingerprint density at radius 2 is 1.82 bits per heavy atom. The van der Waals surface area contributed by atoms with Crippen molar-refractivity contribution in [2.24, 2.45) is 0 Å². The summed E-state index contributed by atoms with van der Waals surface area (Å²) in [6.07, 6.45) is 0. The summed E-state index contributed by atoms with van der Waals surface area (Å²) in [6.45, 7) is 6.08. The number of anilines is 1. The number of hydrogen-bond donors (Lipinski definition) is 1. The number of aryl methyl sites for hydroxylation is 1. The van der Waals surface area contributed by atoms with E-state index >= 15 is 0 Å². The van der Waals surface area contributed by atoms with E-state index < -0.39 is 0 Å². The van der Waals surface area contributed by atoms with Gasteiger partial charge in [0.15, 0.2) is 0 Å².